The van der Waals surface area contributed by atoms with Crippen molar-refractivity contribution in [3.05, 3.63) is 57.5 Å². The van der Waals surface area contributed by atoms with E-state index < -0.39 is 52.7 Å². The summed E-state index contributed by atoms with van der Waals surface area (Å²) in [4.78, 5) is 55.6. The molecule has 1 unspecified atom stereocenters. The van der Waals surface area contributed by atoms with E-state index >= 15 is 0 Å². The van der Waals surface area contributed by atoms with Gasteiger partial charge in [-0.1, -0.05) is 12.1 Å². The number of ether oxygens (including phenoxy) is 1. The van der Waals surface area contributed by atoms with Gasteiger partial charge in [-0.25, -0.2) is 9.37 Å². The lowest BCUT2D eigenvalue weighted by Gasteiger charge is -2.25. The van der Waals surface area contributed by atoms with Gasteiger partial charge in [0.1, 0.15) is 11.6 Å². The van der Waals surface area contributed by atoms with Crippen LogP contribution in [0.4, 0.5) is 4.39 Å². The minimum Gasteiger partial charge on any atom is -0.501 e. The number of aromatic nitrogens is 2. The predicted molar refractivity (Wildman–Crippen MR) is 117 cm³/mol. The molecule has 3 rings (SSSR count). The number of carbonyl (C=O) groups is 3. The van der Waals surface area contributed by atoms with Crippen molar-refractivity contribution in [1.82, 2.24) is 25.1 Å². The Hall–Kier alpha value is -3.80. The summed E-state index contributed by atoms with van der Waals surface area (Å²) in [6, 6.07) is 4.59. The molecule has 1 aromatic carbocycles. The number of halogens is 1. The van der Waals surface area contributed by atoms with E-state index in [0.717, 1.165) is 4.57 Å². The maximum absolute atomic E-state index is 13.1. The summed E-state index contributed by atoms with van der Waals surface area (Å²) in [6.07, 6.45) is -0.178. The Kier molecular flexibility index (Phi) is 7.61. The third kappa shape index (κ3) is 5.06. The Bertz CT molecular complexity index is 1150. The first-order chi connectivity index (χ1) is 16.2. The van der Waals surface area contributed by atoms with Crippen LogP contribution in [0.15, 0.2) is 29.1 Å². The lowest BCUT2D eigenvalue weighted by atomic mass is 10.1. The minimum atomic E-state index is -0.885. The molecule has 1 aromatic heterocycles. The highest BCUT2D eigenvalue weighted by Crippen LogP contribution is 2.33. The fourth-order valence-corrected chi connectivity index (χ4v) is 3.79. The summed E-state index contributed by atoms with van der Waals surface area (Å²) in [5.74, 6) is -3.77. The Morgan fingerprint density at radius 1 is 1.26 bits per heavy atom. The first-order valence-corrected chi connectivity index (χ1v) is 10.6. The fraction of sp³-hybridized carbons (Fsp3) is 0.409. The number of aromatic hydroxyl groups is 1. The summed E-state index contributed by atoms with van der Waals surface area (Å²) in [6.45, 7) is 2.25. The monoisotopic (exact) mass is 475 g/mol. The second kappa shape index (κ2) is 10.4. The van der Waals surface area contributed by atoms with E-state index in [1.54, 1.807) is 6.92 Å². The molecule has 1 aliphatic rings. The number of benzene rings is 1. The molecular weight excluding hydrogens is 449 g/mol. The zero-order valence-electron chi connectivity index (χ0n) is 19.0. The van der Waals surface area contributed by atoms with E-state index in [2.05, 4.69) is 15.6 Å². The zero-order chi connectivity index (χ0) is 25.0. The van der Waals surface area contributed by atoms with E-state index in [9.17, 15) is 28.7 Å². The number of nitrogens with zero attached hydrogens (tertiary/aromatic N) is 3. The summed E-state index contributed by atoms with van der Waals surface area (Å²) in [7, 11) is 2.67. The first kappa shape index (κ1) is 24.8. The predicted octanol–water partition coefficient (Wildman–Crippen LogP) is -0.0205. The molecule has 12 heteroatoms. The normalized spacial score (nSPS) is 17.5. The highest BCUT2D eigenvalue weighted by molar-refractivity contribution is 6.35. The summed E-state index contributed by atoms with van der Waals surface area (Å²) >= 11 is 0. The van der Waals surface area contributed by atoms with Gasteiger partial charge >= 0.3 is 11.8 Å². The second-order valence-electron chi connectivity index (χ2n) is 7.71. The molecular formula is C22H26FN5O6. The van der Waals surface area contributed by atoms with Gasteiger partial charge in [-0.15, -0.1) is 0 Å². The third-order valence-electron chi connectivity index (χ3n) is 5.53. The van der Waals surface area contributed by atoms with Gasteiger partial charge in [-0.3, -0.25) is 23.7 Å². The number of likely N-dealkylation sites (N-methyl/N-ethyl adjacent to an activating group) is 1. The molecule has 2 heterocycles. The first-order valence-electron chi connectivity index (χ1n) is 10.6. The molecule has 182 valence electrons. The third-order valence-corrected chi connectivity index (χ3v) is 5.53. The van der Waals surface area contributed by atoms with Crippen molar-refractivity contribution in [2.45, 2.75) is 32.0 Å². The van der Waals surface area contributed by atoms with Crippen LogP contribution in [-0.2, 0) is 27.9 Å². The number of likely N-dealkylation sites (tertiary alicyclic amines) is 1. The highest BCUT2D eigenvalue weighted by Gasteiger charge is 2.41. The van der Waals surface area contributed by atoms with Crippen LogP contribution in [0.5, 0.6) is 5.75 Å². The molecule has 1 fully saturated rings. The molecule has 0 bridgehead atoms. The van der Waals surface area contributed by atoms with Crippen molar-refractivity contribution in [3.8, 4) is 5.75 Å². The van der Waals surface area contributed by atoms with E-state index in [1.165, 1.54) is 43.3 Å². The van der Waals surface area contributed by atoms with Crippen LogP contribution >= 0.6 is 0 Å². The Morgan fingerprint density at radius 2 is 1.94 bits per heavy atom. The van der Waals surface area contributed by atoms with E-state index in [4.69, 9.17) is 4.74 Å². The fourth-order valence-electron chi connectivity index (χ4n) is 3.79. The lowest BCUT2D eigenvalue weighted by molar-refractivity contribution is -0.146. The van der Waals surface area contributed by atoms with Gasteiger partial charge in [0.05, 0.1) is 12.1 Å². The van der Waals surface area contributed by atoms with E-state index in [-0.39, 0.29) is 25.3 Å². The number of hydrogen-bond acceptors (Lipinski definition) is 7. The Morgan fingerprint density at radius 3 is 2.56 bits per heavy atom. The standard InChI is InChI=1S/C22H26FN5O6/c1-4-34-14-9-15(28(11-14)22(33)20(31)24-2)18-26-16(17(29)21(32)27(18)3)19(30)25-10-12-5-7-13(23)8-6-12/h5-8,14-15,29H,4,9-11H2,1-3H3,(H,24,31)(H,25,30)/t14-,15?/m1/s1. The van der Waals surface area contributed by atoms with Crippen molar-refractivity contribution < 1.29 is 28.6 Å². The molecule has 3 amide bonds. The Labute approximate surface area is 194 Å². The van der Waals surface area contributed by atoms with Gasteiger partial charge < -0.3 is 25.4 Å². The van der Waals surface area contributed by atoms with Crippen molar-refractivity contribution in [1.29, 1.82) is 0 Å². The maximum Gasteiger partial charge on any atom is 0.312 e. The second-order valence-corrected chi connectivity index (χ2v) is 7.71. The van der Waals surface area contributed by atoms with Gasteiger partial charge in [-0.2, -0.15) is 0 Å². The summed E-state index contributed by atoms with van der Waals surface area (Å²) in [5, 5.41) is 15.1. The number of rotatable bonds is 6. The number of hydrogen-bond donors (Lipinski definition) is 3. The number of carbonyl (C=O) groups excluding carboxylic acids is 3. The van der Waals surface area contributed by atoms with Crippen LogP contribution in [0.25, 0.3) is 0 Å². The highest BCUT2D eigenvalue weighted by atomic mass is 19.1. The molecule has 0 spiro atoms. The van der Waals surface area contributed by atoms with Crippen LogP contribution in [0.3, 0.4) is 0 Å². The molecule has 2 atom stereocenters. The van der Waals surface area contributed by atoms with Crippen molar-refractivity contribution in [2.75, 3.05) is 20.2 Å². The lowest BCUT2D eigenvalue weighted by Crippen LogP contribution is -2.43. The SMILES string of the molecule is CCO[C@@H]1CC(c2nc(C(=O)NCc3ccc(F)cc3)c(O)c(=O)n2C)N(C(=O)C(=O)NC)C1. The smallest absolute Gasteiger partial charge is 0.312 e. The van der Waals surface area contributed by atoms with Gasteiger partial charge in [0.25, 0.3) is 11.5 Å². The average Bonchev–Trinajstić information content (AvgIpc) is 3.25. The van der Waals surface area contributed by atoms with Crippen molar-refractivity contribution >= 4 is 17.7 Å². The topological polar surface area (TPSA) is 143 Å². The number of nitrogens with one attached hydrogen (secondary N) is 2. The Balaban J connectivity index is 1.94. The van der Waals surface area contributed by atoms with E-state index in [0.29, 0.717) is 12.2 Å². The van der Waals surface area contributed by atoms with Crippen LogP contribution < -0.4 is 16.2 Å². The summed E-state index contributed by atoms with van der Waals surface area (Å²) < 4.78 is 19.7. The maximum atomic E-state index is 13.1. The molecule has 1 saturated heterocycles. The molecule has 3 N–H and O–H groups in total. The quantitative estimate of drug-likeness (QED) is 0.498. The van der Waals surface area contributed by atoms with Gasteiger partial charge in [0, 0.05) is 40.2 Å². The molecule has 34 heavy (non-hydrogen) atoms. The minimum absolute atomic E-state index is 0.00189. The van der Waals surface area contributed by atoms with Gasteiger partial charge in [0.15, 0.2) is 5.69 Å². The van der Waals surface area contributed by atoms with Gasteiger partial charge in [0.2, 0.25) is 5.75 Å². The molecule has 1 aliphatic heterocycles. The zero-order valence-corrected chi connectivity index (χ0v) is 19.0. The molecule has 11 nitrogen and oxygen atoms in total. The van der Waals surface area contributed by atoms with Crippen LogP contribution in [0, 0.1) is 5.82 Å². The summed E-state index contributed by atoms with van der Waals surface area (Å²) in [5.41, 5.74) is -0.812. The van der Waals surface area contributed by atoms with Crippen molar-refractivity contribution in [3.63, 3.8) is 0 Å². The van der Waals surface area contributed by atoms with Crippen LogP contribution in [0.2, 0.25) is 0 Å². The molecule has 0 aliphatic carbocycles. The van der Waals surface area contributed by atoms with Crippen molar-refractivity contribution in [2.24, 2.45) is 7.05 Å². The van der Waals surface area contributed by atoms with Crippen LogP contribution in [-0.4, -0.2) is 63.6 Å². The average molecular weight is 475 g/mol. The largest absolute Gasteiger partial charge is 0.501 e. The van der Waals surface area contributed by atoms with Crippen LogP contribution in [0.1, 0.15) is 41.3 Å². The van der Waals surface area contributed by atoms with Gasteiger partial charge in [-0.05, 0) is 24.6 Å². The molecule has 2 aromatic rings. The molecule has 0 radical (unpaired) electrons. The molecule has 0 saturated carbocycles. The number of amides is 3. The van der Waals surface area contributed by atoms with E-state index in [1.807, 2.05) is 0 Å².